The third kappa shape index (κ3) is 2.72. The molecule has 1 aromatic rings. The second-order valence-corrected chi connectivity index (χ2v) is 4.94. The first-order valence-electron chi connectivity index (χ1n) is 6.80. The van der Waals surface area contributed by atoms with Crippen LogP contribution in [0.25, 0.3) is 0 Å². The van der Waals surface area contributed by atoms with Crippen LogP contribution in [-0.4, -0.2) is 40.8 Å². The van der Waals surface area contributed by atoms with E-state index in [4.69, 9.17) is 0 Å². The molecule has 1 aliphatic rings. The molecule has 0 saturated carbocycles. The lowest BCUT2D eigenvalue weighted by molar-refractivity contribution is -0.385. The summed E-state index contributed by atoms with van der Waals surface area (Å²) in [5, 5.41) is 13.8. The predicted octanol–water partition coefficient (Wildman–Crippen LogP) is 1.25. The molecule has 1 fully saturated rings. The molecule has 7 nitrogen and oxygen atoms in total. The van der Waals surface area contributed by atoms with Crippen molar-refractivity contribution in [2.75, 3.05) is 13.1 Å². The van der Waals surface area contributed by atoms with Crippen molar-refractivity contribution in [2.45, 2.75) is 26.3 Å². The van der Waals surface area contributed by atoms with Gasteiger partial charge in [0.15, 0.2) is 0 Å². The molecule has 0 aliphatic carbocycles. The SMILES string of the molecule is CCC1C(=O)NCCN1C(=O)c1c(C)cccc1[N+](=O)[O-]. The normalized spacial score (nSPS) is 18.3. The number of hydrogen-bond acceptors (Lipinski definition) is 4. The van der Waals surface area contributed by atoms with Crippen LogP contribution in [-0.2, 0) is 4.79 Å². The molecule has 21 heavy (non-hydrogen) atoms. The fourth-order valence-electron chi connectivity index (χ4n) is 2.59. The average Bonchev–Trinajstić information content (AvgIpc) is 2.45. The monoisotopic (exact) mass is 291 g/mol. The van der Waals surface area contributed by atoms with Gasteiger partial charge in [-0.3, -0.25) is 19.7 Å². The number of carbonyl (C=O) groups excluding carboxylic acids is 2. The Hall–Kier alpha value is -2.44. The van der Waals surface area contributed by atoms with E-state index in [2.05, 4.69) is 5.32 Å². The minimum absolute atomic E-state index is 0.0654. The van der Waals surface area contributed by atoms with Crippen molar-refractivity contribution >= 4 is 17.5 Å². The van der Waals surface area contributed by atoms with Crippen LogP contribution in [0.15, 0.2) is 18.2 Å². The van der Waals surface area contributed by atoms with Crippen molar-refractivity contribution in [3.8, 4) is 0 Å². The van der Waals surface area contributed by atoms with Crippen molar-refractivity contribution in [1.29, 1.82) is 0 Å². The van der Waals surface area contributed by atoms with Crippen molar-refractivity contribution in [3.05, 3.63) is 39.4 Å². The number of carbonyl (C=O) groups is 2. The van der Waals surface area contributed by atoms with E-state index in [0.717, 1.165) is 0 Å². The molecule has 1 N–H and O–H groups in total. The standard InChI is InChI=1S/C14H17N3O4/c1-3-10-13(18)15-7-8-16(10)14(19)12-9(2)5-4-6-11(12)17(20)21/h4-6,10H,3,7-8H2,1-2H3,(H,15,18). The highest BCUT2D eigenvalue weighted by Crippen LogP contribution is 2.25. The fraction of sp³-hybridized carbons (Fsp3) is 0.429. The second kappa shape index (κ2) is 5.90. The molecule has 0 bridgehead atoms. The molecule has 1 saturated heterocycles. The van der Waals surface area contributed by atoms with Gasteiger partial charge in [-0.15, -0.1) is 0 Å². The van der Waals surface area contributed by atoms with E-state index >= 15 is 0 Å². The maximum Gasteiger partial charge on any atom is 0.282 e. The second-order valence-electron chi connectivity index (χ2n) is 4.94. The first-order chi connectivity index (χ1) is 9.97. The molecule has 1 aromatic carbocycles. The van der Waals surface area contributed by atoms with E-state index in [0.29, 0.717) is 25.1 Å². The van der Waals surface area contributed by atoms with Gasteiger partial charge >= 0.3 is 0 Å². The van der Waals surface area contributed by atoms with Crippen LogP contribution in [0.1, 0.15) is 29.3 Å². The number of nitro benzene ring substituents is 1. The fourth-order valence-corrected chi connectivity index (χ4v) is 2.59. The summed E-state index contributed by atoms with van der Waals surface area (Å²) < 4.78 is 0. The summed E-state index contributed by atoms with van der Waals surface area (Å²) in [6.45, 7) is 4.18. The number of benzene rings is 1. The number of amides is 2. The van der Waals surface area contributed by atoms with Gasteiger partial charge in [-0.25, -0.2) is 0 Å². The number of nitrogens with one attached hydrogen (secondary N) is 1. The minimum atomic E-state index is -0.578. The first kappa shape index (κ1) is 15.0. The van der Waals surface area contributed by atoms with Crippen LogP contribution in [0.5, 0.6) is 0 Å². The largest absolute Gasteiger partial charge is 0.353 e. The quantitative estimate of drug-likeness (QED) is 0.670. The van der Waals surface area contributed by atoms with Gasteiger partial charge < -0.3 is 10.2 Å². The van der Waals surface area contributed by atoms with E-state index in [1.54, 1.807) is 19.1 Å². The number of hydrogen-bond donors (Lipinski definition) is 1. The zero-order valence-electron chi connectivity index (χ0n) is 12.0. The van der Waals surface area contributed by atoms with Crippen LogP contribution in [0, 0.1) is 17.0 Å². The highest BCUT2D eigenvalue weighted by atomic mass is 16.6. The molecule has 1 aliphatic heterocycles. The molecule has 2 rings (SSSR count). The lowest BCUT2D eigenvalue weighted by Gasteiger charge is -2.34. The van der Waals surface area contributed by atoms with Crippen molar-refractivity contribution in [2.24, 2.45) is 0 Å². The molecule has 1 heterocycles. The third-order valence-electron chi connectivity index (χ3n) is 3.64. The molecule has 1 unspecified atom stereocenters. The smallest absolute Gasteiger partial charge is 0.282 e. The summed E-state index contributed by atoms with van der Waals surface area (Å²) in [5.41, 5.74) is 0.381. The minimum Gasteiger partial charge on any atom is -0.353 e. The summed E-state index contributed by atoms with van der Waals surface area (Å²) in [6, 6.07) is 3.94. The summed E-state index contributed by atoms with van der Waals surface area (Å²) in [6.07, 6.45) is 0.469. The van der Waals surface area contributed by atoms with Gasteiger partial charge in [0, 0.05) is 19.2 Å². The lowest BCUT2D eigenvalue weighted by Crippen LogP contribution is -2.57. The van der Waals surface area contributed by atoms with E-state index in [1.165, 1.54) is 11.0 Å². The van der Waals surface area contributed by atoms with E-state index in [-0.39, 0.29) is 17.2 Å². The molecular formula is C14H17N3O4. The summed E-state index contributed by atoms with van der Waals surface area (Å²) in [5.74, 6) is -0.671. The summed E-state index contributed by atoms with van der Waals surface area (Å²) in [4.78, 5) is 36.5. The van der Waals surface area contributed by atoms with Gasteiger partial charge in [-0.2, -0.15) is 0 Å². The lowest BCUT2D eigenvalue weighted by atomic mass is 10.0. The topological polar surface area (TPSA) is 92.6 Å². The Morgan fingerprint density at radius 2 is 2.24 bits per heavy atom. The van der Waals surface area contributed by atoms with Crippen molar-refractivity contribution in [3.63, 3.8) is 0 Å². The number of piperazine rings is 1. The third-order valence-corrected chi connectivity index (χ3v) is 3.64. The number of nitro groups is 1. The summed E-state index contributed by atoms with van der Waals surface area (Å²) in [7, 11) is 0. The van der Waals surface area contributed by atoms with Crippen molar-refractivity contribution < 1.29 is 14.5 Å². The Bertz CT molecular complexity index is 600. The van der Waals surface area contributed by atoms with E-state index in [9.17, 15) is 19.7 Å². The highest BCUT2D eigenvalue weighted by Gasteiger charge is 2.35. The number of nitrogens with zero attached hydrogens (tertiary/aromatic N) is 2. The van der Waals surface area contributed by atoms with E-state index in [1.807, 2.05) is 6.92 Å². The Morgan fingerprint density at radius 1 is 1.52 bits per heavy atom. The summed E-state index contributed by atoms with van der Waals surface area (Å²) >= 11 is 0. The van der Waals surface area contributed by atoms with Gasteiger partial charge in [0.05, 0.1) is 4.92 Å². The average molecular weight is 291 g/mol. The number of rotatable bonds is 3. The van der Waals surface area contributed by atoms with E-state index < -0.39 is 16.9 Å². The van der Waals surface area contributed by atoms with Gasteiger partial charge in [0.1, 0.15) is 11.6 Å². The molecule has 1 atom stereocenters. The Balaban J connectivity index is 2.44. The maximum atomic E-state index is 12.7. The molecule has 2 amide bonds. The maximum absolute atomic E-state index is 12.7. The Labute approximate surface area is 122 Å². The van der Waals surface area contributed by atoms with Crippen LogP contribution in [0.4, 0.5) is 5.69 Å². The number of aryl methyl sites for hydroxylation is 1. The van der Waals surface area contributed by atoms with Crippen LogP contribution >= 0.6 is 0 Å². The van der Waals surface area contributed by atoms with Gasteiger partial charge in [0.25, 0.3) is 11.6 Å². The molecule has 0 spiro atoms. The molecule has 112 valence electrons. The zero-order valence-corrected chi connectivity index (χ0v) is 12.0. The molecule has 7 heteroatoms. The van der Waals surface area contributed by atoms with Gasteiger partial charge in [-0.05, 0) is 18.9 Å². The van der Waals surface area contributed by atoms with Crippen LogP contribution in [0.3, 0.4) is 0 Å². The zero-order chi connectivity index (χ0) is 15.6. The van der Waals surface area contributed by atoms with Gasteiger partial charge in [0.2, 0.25) is 5.91 Å². The Kier molecular flexibility index (Phi) is 4.21. The molecule has 0 aromatic heterocycles. The molecular weight excluding hydrogens is 274 g/mol. The first-order valence-corrected chi connectivity index (χ1v) is 6.80. The van der Waals surface area contributed by atoms with Crippen LogP contribution < -0.4 is 5.32 Å². The van der Waals surface area contributed by atoms with Crippen molar-refractivity contribution in [1.82, 2.24) is 10.2 Å². The van der Waals surface area contributed by atoms with Gasteiger partial charge in [-0.1, -0.05) is 19.1 Å². The predicted molar refractivity (Wildman–Crippen MR) is 76.0 cm³/mol. The highest BCUT2D eigenvalue weighted by molar-refractivity contribution is 6.02. The molecule has 0 radical (unpaired) electrons. The van der Waals surface area contributed by atoms with Crippen LogP contribution in [0.2, 0.25) is 0 Å². The Morgan fingerprint density at radius 3 is 2.86 bits per heavy atom.